The lowest BCUT2D eigenvalue weighted by molar-refractivity contribution is 0.328. The van der Waals surface area contributed by atoms with Crippen molar-refractivity contribution in [2.45, 2.75) is 13.8 Å². The van der Waals surface area contributed by atoms with Crippen molar-refractivity contribution in [2.24, 2.45) is 5.73 Å². The quantitative estimate of drug-likeness (QED) is 0.811. The Morgan fingerprint density at radius 1 is 1.31 bits per heavy atom. The summed E-state index contributed by atoms with van der Waals surface area (Å²) >= 11 is 5.97. The van der Waals surface area contributed by atoms with Crippen molar-refractivity contribution in [2.75, 3.05) is 13.2 Å². The smallest absolute Gasteiger partial charge is 0.138 e. The summed E-state index contributed by atoms with van der Waals surface area (Å²) in [6, 6.07) is 3.84. The third-order valence-corrected chi connectivity index (χ3v) is 2.22. The molecular formula is C10H14ClNO. The average Bonchev–Trinajstić information content (AvgIpc) is 2.09. The third-order valence-electron chi connectivity index (χ3n) is 1.92. The fraction of sp³-hybridized carbons (Fsp3) is 0.400. The number of hydrogen-bond acceptors (Lipinski definition) is 2. The van der Waals surface area contributed by atoms with E-state index in [-0.39, 0.29) is 0 Å². The summed E-state index contributed by atoms with van der Waals surface area (Å²) in [6.45, 7) is 5.06. The highest BCUT2D eigenvalue weighted by atomic mass is 35.5. The van der Waals surface area contributed by atoms with Gasteiger partial charge in [-0.25, -0.2) is 0 Å². The largest absolute Gasteiger partial charge is 0.491 e. The van der Waals surface area contributed by atoms with E-state index in [1.165, 1.54) is 11.1 Å². The molecule has 13 heavy (non-hydrogen) atoms. The summed E-state index contributed by atoms with van der Waals surface area (Å²) in [6.07, 6.45) is 0. The first kappa shape index (κ1) is 10.4. The summed E-state index contributed by atoms with van der Waals surface area (Å²) in [4.78, 5) is 0. The van der Waals surface area contributed by atoms with Crippen LogP contribution in [-0.2, 0) is 0 Å². The van der Waals surface area contributed by atoms with Gasteiger partial charge in [0.05, 0.1) is 5.02 Å². The molecule has 0 fully saturated rings. The van der Waals surface area contributed by atoms with E-state index in [0.717, 1.165) is 5.75 Å². The van der Waals surface area contributed by atoms with Crippen molar-refractivity contribution in [3.05, 3.63) is 28.3 Å². The molecule has 2 nitrogen and oxygen atoms in total. The maximum Gasteiger partial charge on any atom is 0.138 e. The summed E-state index contributed by atoms with van der Waals surface area (Å²) in [5, 5.41) is 0.650. The van der Waals surface area contributed by atoms with E-state index in [9.17, 15) is 0 Å². The van der Waals surface area contributed by atoms with E-state index >= 15 is 0 Å². The molecule has 1 rings (SSSR count). The minimum Gasteiger partial charge on any atom is -0.491 e. The number of halogens is 1. The molecule has 0 aliphatic rings. The minimum absolute atomic E-state index is 0.502. The van der Waals surface area contributed by atoms with E-state index in [4.69, 9.17) is 22.1 Å². The zero-order chi connectivity index (χ0) is 9.84. The second-order valence-corrected chi connectivity index (χ2v) is 3.41. The molecule has 2 N–H and O–H groups in total. The molecule has 0 aromatic heterocycles. The second kappa shape index (κ2) is 4.49. The van der Waals surface area contributed by atoms with Crippen molar-refractivity contribution in [3.63, 3.8) is 0 Å². The number of aryl methyl sites for hydroxylation is 2. The Kier molecular flexibility index (Phi) is 3.58. The van der Waals surface area contributed by atoms with E-state index in [2.05, 4.69) is 0 Å². The van der Waals surface area contributed by atoms with Crippen LogP contribution in [-0.4, -0.2) is 13.2 Å². The van der Waals surface area contributed by atoms with Crippen LogP contribution in [0.25, 0.3) is 0 Å². The molecule has 0 aliphatic carbocycles. The lowest BCUT2D eigenvalue weighted by Gasteiger charge is -2.09. The molecule has 0 atom stereocenters. The average molecular weight is 200 g/mol. The second-order valence-electron chi connectivity index (χ2n) is 3.00. The summed E-state index contributed by atoms with van der Waals surface area (Å²) < 4.78 is 5.36. The highest BCUT2D eigenvalue weighted by Crippen LogP contribution is 2.27. The molecule has 0 saturated carbocycles. The number of hydrogen-bond donors (Lipinski definition) is 1. The number of rotatable bonds is 3. The third kappa shape index (κ3) is 2.61. The van der Waals surface area contributed by atoms with Gasteiger partial charge < -0.3 is 10.5 Å². The lowest BCUT2D eigenvalue weighted by atomic mass is 10.1. The topological polar surface area (TPSA) is 35.2 Å². The van der Waals surface area contributed by atoms with Gasteiger partial charge in [0.25, 0.3) is 0 Å². The fourth-order valence-electron chi connectivity index (χ4n) is 1.03. The molecule has 0 heterocycles. The molecule has 0 saturated heterocycles. The molecule has 0 unspecified atom stereocenters. The van der Waals surface area contributed by atoms with Crippen molar-refractivity contribution in [1.82, 2.24) is 0 Å². The lowest BCUT2D eigenvalue weighted by Crippen LogP contribution is -2.10. The Labute approximate surface area is 83.6 Å². The van der Waals surface area contributed by atoms with Gasteiger partial charge in [0, 0.05) is 6.54 Å². The summed E-state index contributed by atoms with van der Waals surface area (Å²) in [5.41, 5.74) is 7.67. The Hall–Kier alpha value is -0.730. The number of nitrogens with two attached hydrogens (primary N) is 1. The predicted octanol–water partition coefficient (Wildman–Crippen LogP) is 2.29. The summed E-state index contributed by atoms with van der Waals surface area (Å²) in [5.74, 6) is 0.718. The predicted molar refractivity (Wildman–Crippen MR) is 55.5 cm³/mol. The molecular weight excluding hydrogens is 186 g/mol. The molecule has 0 amide bonds. The minimum atomic E-state index is 0.502. The van der Waals surface area contributed by atoms with Crippen LogP contribution in [0.5, 0.6) is 5.75 Å². The Balaban J connectivity index is 2.88. The zero-order valence-corrected chi connectivity index (χ0v) is 8.69. The maximum atomic E-state index is 5.97. The van der Waals surface area contributed by atoms with Gasteiger partial charge in [-0.15, -0.1) is 0 Å². The standard InChI is InChI=1S/C10H14ClNO/c1-7-5-9(11)10(6-8(7)2)13-4-3-12/h5-6H,3-4,12H2,1-2H3. The molecule has 0 bridgehead atoms. The van der Waals surface area contributed by atoms with E-state index in [1.54, 1.807) is 0 Å². The van der Waals surface area contributed by atoms with Crippen LogP contribution in [0.2, 0.25) is 5.02 Å². The van der Waals surface area contributed by atoms with Crippen molar-refractivity contribution < 1.29 is 4.74 Å². The number of ether oxygens (including phenoxy) is 1. The fourth-order valence-corrected chi connectivity index (χ4v) is 1.31. The molecule has 3 heteroatoms. The van der Waals surface area contributed by atoms with Crippen molar-refractivity contribution in [1.29, 1.82) is 0 Å². The SMILES string of the molecule is Cc1cc(Cl)c(OCCN)cc1C. The van der Waals surface area contributed by atoms with Crippen LogP contribution in [0, 0.1) is 13.8 Å². The summed E-state index contributed by atoms with van der Waals surface area (Å²) in [7, 11) is 0. The first-order chi connectivity index (χ1) is 6.15. The molecule has 1 aromatic rings. The van der Waals surface area contributed by atoms with Crippen LogP contribution < -0.4 is 10.5 Å². The van der Waals surface area contributed by atoms with Crippen LogP contribution >= 0.6 is 11.6 Å². The highest BCUT2D eigenvalue weighted by Gasteiger charge is 2.03. The monoisotopic (exact) mass is 199 g/mol. The Morgan fingerprint density at radius 2 is 1.92 bits per heavy atom. The molecule has 0 aliphatic heterocycles. The van der Waals surface area contributed by atoms with Crippen molar-refractivity contribution >= 4 is 11.6 Å². The van der Waals surface area contributed by atoms with Crippen molar-refractivity contribution in [3.8, 4) is 5.75 Å². The van der Waals surface area contributed by atoms with Crippen LogP contribution in [0.1, 0.15) is 11.1 Å². The molecule has 0 spiro atoms. The Morgan fingerprint density at radius 3 is 2.54 bits per heavy atom. The first-order valence-electron chi connectivity index (χ1n) is 4.24. The number of benzene rings is 1. The van der Waals surface area contributed by atoms with Crippen LogP contribution in [0.3, 0.4) is 0 Å². The molecule has 0 radical (unpaired) electrons. The molecule has 72 valence electrons. The van der Waals surface area contributed by atoms with E-state index < -0.39 is 0 Å². The molecule has 1 aromatic carbocycles. The van der Waals surface area contributed by atoms with E-state index in [1.807, 2.05) is 26.0 Å². The highest BCUT2D eigenvalue weighted by molar-refractivity contribution is 6.32. The van der Waals surface area contributed by atoms with Gasteiger partial charge in [0.15, 0.2) is 0 Å². The van der Waals surface area contributed by atoms with Crippen LogP contribution in [0.15, 0.2) is 12.1 Å². The van der Waals surface area contributed by atoms with Gasteiger partial charge in [0.2, 0.25) is 0 Å². The zero-order valence-electron chi connectivity index (χ0n) is 7.93. The van der Waals surface area contributed by atoms with Gasteiger partial charge >= 0.3 is 0 Å². The van der Waals surface area contributed by atoms with Gasteiger partial charge in [-0.2, -0.15) is 0 Å². The van der Waals surface area contributed by atoms with Gasteiger partial charge in [-0.1, -0.05) is 11.6 Å². The van der Waals surface area contributed by atoms with Gasteiger partial charge in [-0.3, -0.25) is 0 Å². The van der Waals surface area contributed by atoms with Crippen LogP contribution in [0.4, 0.5) is 0 Å². The van der Waals surface area contributed by atoms with E-state index in [0.29, 0.717) is 18.2 Å². The van der Waals surface area contributed by atoms with Gasteiger partial charge in [0.1, 0.15) is 12.4 Å². The normalized spacial score (nSPS) is 10.2. The Bertz CT molecular complexity index is 299. The van der Waals surface area contributed by atoms with Gasteiger partial charge in [-0.05, 0) is 37.1 Å². The maximum absolute atomic E-state index is 5.97. The first-order valence-corrected chi connectivity index (χ1v) is 4.62.